The van der Waals surface area contributed by atoms with Gasteiger partial charge in [0.15, 0.2) is 0 Å². The normalized spacial score (nSPS) is 20.2. The van der Waals surface area contributed by atoms with Crippen LogP contribution in [0.3, 0.4) is 0 Å². The third-order valence-electron chi connectivity index (χ3n) is 4.37. The molecule has 2 N–H and O–H groups in total. The molecule has 1 aliphatic carbocycles. The maximum absolute atomic E-state index is 12.7. The number of nitrogens with one attached hydrogen (secondary N) is 1. The molecule has 0 aromatic heterocycles. The molecule has 2 aromatic rings. The van der Waals surface area contributed by atoms with E-state index in [2.05, 4.69) is 5.32 Å². The van der Waals surface area contributed by atoms with Crippen molar-refractivity contribution in [3.63, 3.8) is 0 Å². The van der Waals surface area contributed by atoms with Gasteiger partial charge in [0.1, 0.15) is 0 Å². The first-order chi connectivity index (χ1) is 11.3. The lowest BCUT2D eigenvalue weighted by molar-refractivity contribution is 0.133. The molecule has 0 spiro atoms. The summed E-state index contributed by atoms with van der Waals surface area (Å²) in [5, 5.41) is 12.9. The fourth-order valence-electron chi connectivity index (χ4n) is 3.09. The maximum Gasteiger partial charge on any atom is 0.326 e. The summed E-state index contributed by atoms with van der Waals surface area (Å²) in [5.74, 6) is 0.160. The number of aliphatic hydroxyl groups is 1. The van der Waals surface area contributed by atoms with Crippen molar-refractivity contribution in [2.75, 3.05) is 11.4 Å². The Morgan fingerprint density at radius 1 is 1.00 bits per heavy atom. The van der Waals surface area contributed by atoms with Gasteiger partial charge in [-0.25, -0.2) is 4.79 Å². The number of carbonyl (C=O) groups is 1. The van der Waals surface area contributed by atoms with Crippen LogP contribution < -0.4 is 10.2 Å². The fourth-order valence-corrected chi connectivity index (χ4v) is 3.09. The summed E-state index contributed by atoms with van der Waals surface area (Å²) >= 11 is 0. The highest BCUT2D eigenvalue weighted by molar-refractivity contribution is 5.99. The molecule has 1 saturated carbocycles. The van der Waals surface area contributed by atoms with Crippen LogP contribution in [0.15, 0.2) is 60.7 Å². The molecule has 2 atom stereocenters. The number of carbonyl (C=O) groups excluding carboxylic acids is 1. The van der Waals surface area contributed by atoms with E-state index in [0.717, 1.165) is 30.6 Å². The summed E-state index contributed by atoms with van der Waals surface area (Å²) in [7, 11) is 0. The Bertz CT molecular complexity index is 591. The topological polar surface area (TPSA) is 52.6 Å². The van der Waals surface area contributed by atoms with Gasteiger partial charge in [-0.3, -0.25) is 4.90 Å². The number of aliphatic hydroxyl groups excluding tert-OH is 1. The minimum absolute atomic E-state index is 0.160. The lowest BCUT2D eigenvalue weighted by Gasteiger charge is -2.25. The van der Waals surface area contributed by atoms with Gasteiger partial charge in [0.25, 0.3) is 0 Å². The maximum atomic E-state index is 12.7. The van der Waals surface area contributed by atoms with E-state index in [9.17, 15) is 9.90 Å². The van der Waals surface area contributed by atoms with Crippen molar-refractivity contribution in [3.05, 3.63) is 60.7 Å². The van der Waals surface area contributed by atoms with Crippen molar-refractivity contribution >= 4 is 17.4 Å². The molecular weight excluding hydrogens is 288 g/mol. The molecule has 4 heteroatoms. The van der Waals surface area contributed by atoms with E-state index < -0.39 is 0 Å². The van der Waals surface area contributed by atoms with Crippen LogP contribution in [0.4, 0.5) is 16.2 Å². The molecule has 4 nitrogen and oxygen atoms in total. The number of hydrogen-bond acceptors (Lipinski definition) is 2. The molecular formula is C19H22N2O2. The van der Waals surface area contributed by atoms with Gasteiger partial charge in [-0.1, -0.05) is 42.8 Å². The number of para-hydroxylation sites is 2. The lowest BCUT2D eigenvalue weighted by atomic mass is 10.1. The van der Waals surface area contributed by atoms with Crippen molar-refractivity contribution in [1.82, 2.24) is 5.32 Å². The molecule has 0 radical (unpaired) electrons. The number of urea groups is 1. The third kappa shape index (κ3) is 3.71. The number of benzene rings is 2. The van der Waals surface area contributed by atoms with Crippen LogP contribution in [0.25, 0.3) is 0 Å². The molecule has 1 aliphatic rings. The number of nitrogens with zero attached hydrogens (tertiary/aromatic N) is 1. The van der Waals surface area contributed by atoms with Crippen LogP contribution in [0, 0.1) is 5.92 Å². The Labute approximate surface area is 136 Å². The first kappa shape index (κ1) is 15.6. The second-order valence-electron chi connectivity index (χ2n) is 5.95. The molecule has 2 amide bonds. The number of hydrogen-bond donors (Lipinski definition) is 2. The highest BCUT2D eigenvalue weighted by Crippen LogP contribution is 2.27. The van der Waals surface area contributed by atoms with Gasteiger partial charge in [-0.2, -0.15) is 0 Å². The minimum Gasteiger partial charge on any atom is -0.393 e. The number of anilines is 2. The van der Waals surface area contributed by atoms with Crippen LogP contribution >= 0.6 is 0 Å². The standard InChI is InChI=1S/C19H22N2O2/c22-18-13-7-8-15(18)14-20-19(23)21(16-9-3-1-4-10-16)17-11-5-2-6-12-17/h1-6,9-12,15,18,22H,7-8,13-14H2,(H,20,23)/t15-,18-/m1/s1. The van der Waals surface area contributed by atoms with Crippen molar-refractivity contribution in [1.29, 1.82) is 0 Å². The monoisotopic (exact) mass is 310 g/mol. The van der Waals surface area contributed by atoms with Crippen LogP contribution in [-0.2, 0) is 0 Å². The zero-order chi connectivity index (χ0) is 16.1. The van der Waals surface area contributed by atoms with Crippen LogP contribution in [0.5, 0.6) is 0 Å². The van der Waals surface area contributed by atoms with Crippen LogP contribution in [0.1, 0.15) is 19.3 Å². The average Bonchev–Trinajstić information content (AvgIpc) is 3.00. The summed E-state index contributed by atoms with van der Waals surface area (Å²) in [6.07, 6.45) is 2.54. The van der Waals surface area contributed by atoms with Gasteiger partial charge in [0.05, 0.1) is 17.5 Å². The Morgan fingerprint density at radius 3 is 2.04 bits per heavy atom. The van der Waals surface area contributed by atoms with E-state index >= 15 is 0 Å². The largest absolute Gasteiger partial charge is 0.393 e. The zero-order valence-corrected chi connectivity index (χ0v) is 13.1. The van der Waals surface area contributed by atoms with Crippen LogP contribution in [0.2, 0.25) is 0 Å². The SMILES string of the molecule is O=C(NC[C@H]1CCC[C@H]1O)N(c1ccccc1)c1ccccc1. The van der Waals surface area contributed by atoms with E-state index in [4.69, 9.17) is 0 Å². The minimum atomic E-state index is -0.294. The fraction of sp³-hybridized carbons (Fsp3) is 0.316. The van der Waals surface area contributed by atoms with Gasteiger partial charge in [0.2, 0.25) is 0 Å². The summed E-state index contributed by atoms with van der Waals surface area (Å²) in [6.45, 7) is 0.510. The molecule has 0 saturated heterocycles. The van der Waals surface area contributed by atoms with Gasteiger partial charge < -0.3 is 10.4 Å². The number of rotatable bonds is 4. The Kier molecular flexibility index (Phi) is 4.93. The van der Waals surface area contributed by atoms with Crippen molar-refractivity contribution in [3.8, 4) is 0 Å². The first-order valence-electron chi connectivity index (χ1n) is 8.12. The molecule has 0 aliphatic heterocycles. The predicted molar refractivity (Wildman–Crippen MR) is 91.8 cm³/mol. The quantitative estimate of drug-likeness (QED) is 0.905. The molecule has 2 aromatic carbocycles. The molecule has 3 rings (SSSR count). The van der Waals surface area contributed by atoms with E-state index in [1.165, 1.54) is 0 Å². The predicted octanol–water partition coefficient (Wildman–Crippen LogP) is 3.70. The zero-order valence-electron chi connectivity index (χ0n) is 13.1. The summed E-state index contributed by atoms with van der Waals surface area (Å²) in [5.41, 5.74) is 1.64. The average molecular weight is 310 g/mol. The molecule has 23 heavy (non-hydrogen) atoms. The van der Waals surface area contributed by atoms with Gasteiger partial charge >= 0.3 is 6.03 Å². The summed E-state index contributed by atoms with van der Waals surface area (Å²) in [6, 6.07) is 19.0. The van der Waals surface area contributed by atoms with E-state index in [1.807, 2.05) is 60.7 Å². The van der Waals surface area contributed by atoms with Gasteiger partial charge in [-0.15, -0.1) is 0 Å². The van der Waals surface area contributed by atoms with Gasteiger partial charge in [0, 0.05) is 12.5 Å². The Balaban J connectivity index is 1.77. The van der Waals surface area contributed by atoms with E-state index in [-0.39, 0.29) is 18.1 Å². The second kappa shape index (κ2) is 7.29. The molecule has 0 heterocycles. The highest BCUT2D eigenvalue weighted by atomic mass is 16.3. The highest BCUT2D eigenvalue weighted by Gasteiger charge is 2.26. The lowest BCUT2D eigenvalue weighted by Crippen LogP contribution is -2.40. The third-order valence-corrected chi connectivity index (χ3v) is 4.37. The summed E-state index contributed by atoms with van der Waals surface area (Å²) < 4.78 is 0. The van der Waals surface area contributed by atoms with Gasteiger partial charge in [-0.05, 0) is 37.1 Å². The second-order valence-corrected chi connectivity index (χ2v) is 5.95. The van der Waals surface area contributed by atoms with Crippen LogP contribution in [-0.4, -0.2) is 23.8 Å². The molecule has 1 fully saturated rings. The molecule has 0 unspecified atom stereocenters. The van der Waals surface area contributed by atoms with Crippen molar-refractivity contribution in [2.24, 2.45) is 5.92 Å². The number of amides is 2. The smallest absolute Gasteiger partial charge is 0.326 e. The van der Waals surface area contributed by atoms with Crippen molar-refractivity contribution < 1.29 is 9.90 Å². The summed E-state index contributed by atoms with van der Waals surface area (Å²) in [4.78, 5) is 14.4. The molecule has 120 valence electrons. The first-order valence-corrected chi connectivity index (χ1v) is 8.12. The Morgan fingerprint density at radius 2 is 1.57 bits per heavy atom. The molecule has 0 bridgehead atoms. The Hall–Kier alpha value is -2.33. The van der Waals surface area contributed by atoms with E-state index in [0.29, 0.717) is 6.54 Å². The van der Waals surface area contributed by atoms with Crippen molar-refractivity contribution in [2.45, 2.75) is 25.4 Å². The van der Waals surface area contributed by atoms with E-state index in [1.54, 1.807) is 4.90 Å².